The number of ether oxygens (including phenoxy) is 1. The van der Waals surface area contributed by atoms with Crippen LogP contribution in [0.3, 0.4) is 0 Å². The Balaban J connectivity index is 0.000000451. The summed E-state index contributed by atoms with van der Waals surface area (Å²) in [5.74, 6) is -2.59. The number of alkyl halides is 3. The van der Waals surface area contributed by atoms with Crippen molar-refractivity contribution in [2.45, 2.75) is 25.2 Å². The van der Waals surface area contributed by atoms with E-state index in [1.54, 1.807) is 12.1 Å². The van der Waals surface area contributed by atoms with E-state index in [2.05, 4.69) is 16.8 Å². The van der Waals surface area contributed by atoms with Crippen LogP contribution >= 0.6 is 0 Å². The van der Waals surface area contributed by atoms with E-state index in [1.165, 1.54) is 12.1 Å². The summed E-state index contributed by atoms with van der Waals surface area (Å²) < 4.78 is 50.9. The number of amides is 2. The SMILES string of the molecule is C=CCN1CCO[C@@H]2CN(C(=O)NCc3cccc(F)c3)CC[C@@H]2C1.O=C(O)C(F)(F)F. The van der Waals surface area contributed by atoms with Crippen LogP contribution in [0.4, 0.5) is 22.4 Å². The Hall–Kier alpha value is -2.66. The zero-order chi connectivity index (χ0) is 23.7. The number of hydrogen-bond donors (Lipinski definition) is 2. The van der Waals surface area contributed by atoms with Crippen LogP contribution in [0.1, 0.15) is 12.0 Å². The quantitative estimate of drug-likeness (QED) is 0.533. The Morgan fingerprint density at radius 2 is 2.00 bits per heavy atom. The fourth-order valence-electron chi connectivity index (χ4n) is 3.59. The van der Waals surface area contributed by atoms with E-state index in [0.717, 1.165) is 38.2 Å². The number of urea groups is 1. The molecule has 2 atom stereocenters. The summed E-state index contributed by atoms with van der Waals surface area (Å²) in [7, 11) is 0. The zero-order valence-electron chi connectivity index (χ0n) is 17.5. The molecule has 2 aliphatic rings. The minimum Gasteiger partial charge on any atom is -0.475 e. The third-order valence-corrected chi connectivity index (χ3v) is 5.18. The lowest BCUT2D eigenvalue weighted by molar-refractivity contribution is -0.192. The van der Waals surface area contributed by atoms with Crippen LogP contribution in [0.25, 0.3) is 0 Å². The van der Waals surface area contributed by atoms with E-state index in [-0.39, 0.29) is 18.0 Å². The zero-order valence-corrected chi connectivity index (χ0v) is 17.5. The van der Waals surface area contributed by atoms with E-state index >= 15 is 0 Å². The van der Waals surface area contributed by atoms with E-state index in [4.69, 9.17) is 14.6 Å². The number of nitrogens with zero attached hydrogens (tertiary/aromatic N) is 2. The minimum absolute atomic E-state index is 0.0866. The molecule has 2 N–H and O–H groups in total. The summed E-state index contributed by atoms with van der Waals surface area (Å²) in [5, 5.41) is 10.0. The molecule has 2 aliphatic heterocycles. The molecule has 2 heterocycles. The largest absolute Gasteiger partial charge is 0.490 e. The van der Waals surface area contributed by atoms with Crippen molar-refractivity contribution in [1.82, 2.24) is 15.1 Å². The lowest BCUT2D eigenvalue weighted by Crippen LogP contribution is -2.51. The van der Waals surface area contributed by atoms with Crippen molar-refractivity contribution in [2.24, 2.45) is 5.92 Å². The Morgan fingerprint density at radius 1 is 1.28 bits per heavy atom. The number of piperidine rings is 1. The molecule has 0 radical (unpaired) electrons. The Bertz CT molecular complexity index is 791. The number of hydrogen-bond acceptors (Lipinski definition) is 4. The number of carbonyl (C=O) groups is 2. The van der Waals surface area contributed by atoms with Crippen molar-refractivity contribution in [2.75, 3.05) is 39.3 Å². The number of nitrogens with one attached hydrogen (secondary N) is 1. The number of carbonyl (C=O) groups excluding carboxylic acids is 1. The van der Waals surface area contributed by atoms with Crippen molar-refractivity contribution >= 4 is 12.0 Å². The molecule has 2 amide bonds. The molecule has 0 spiro atoms. The third kappa shape index (κ3) is 8.12. The van der Waals surface area contributed by atoms with Crippen molar-refractivity contribution < 1.29 is 37.0 Å². The van der Waals surface area contributed by atoms with Gasteiger partial charge < -0.3 is 20.1 Å². The van der Waals surface area contributed by atoms with Crippen molar-refractivity contribution in [3.63, 3.8) is 0 Å². The second-order valence-corrected chi connectivity index (χ2v) is 7.54. The molecule has 3 rings (SSSR count). The molecule has 2 fully saturated rings. The fourth-order valence-corrected chi connectivity index (χ4v) is 3.59. The lowest BCUT2D eigenvalue weighted by Gasteiger charge is -2.37. The number of carboxylic acid groups (broad SMARTS) is 1. The van der Waals surface area contributed by atoms with Gasteiger partial charge in [-0.3, -0.25) is 4.90 Å². The number of aliphatic carboxylic acids is 1. The first kappa shape index (κ1) is 25.6. The maximum atomic E-state index is 13.2. The van der Waals surface area contributed by atoms with Gasteiger partial charge in [0.05, 0.1) is 12.7 Å². The standard InChI is InChI=1S/C19H26FN3O2.C2HF3O2/c1-2-7-22-9-10-25-18-14-23(8-6-16(18)13-22)19(24)21-12-15-4-3-5-17(20)11-15;3-2(4,5)1(6)7/h2-5,11,16,18H,1,6-10,12-14H2,(H,21,24);(H,6,7)/t16-,18-;/m1./s1. The summed E-state index contributed by atoms with van der Waals surface area (Å²) in [6.07, 6.45) is -2.13. The molecule has 7 nitrogen and oxygen atoms in total. The average molecular weight is 461 g/mol. The molecule has 32 heavy (non-hydrogen) atoms. The Labute approximate surface area is 183 Å². The van der Waals surface area contributed by atoms with Gasteiger partial charge >= 0.3 is 18.2 Å². The van der Waals surface area contributed by atoms with Gasteiger partial charge in [0, 0.05) is 45.2 Å². The van der Waals surface area contributed by atoms with Gasteiger partial charge in [-0.1, -0.05) is 18.2 Å². The van der Waals surface area contributed by atoms with Gasteiger partial charge in [-0.25, -0.2) is 14.0 Å². The monoisotopic (exact) mass is 461 g/mol. The molecule has 1 aromatic carbocycles. The molecular weight excluding hydrogens is 434 g/mol. The van der Waals surface area contributed by atoms with Crippen LogP contribution in [0.15, 0.2) is 36.9 Å². The van der Waals surface area contributed by atoms with E-state index in [9.17, 15) is 22.4 Å². The Kier molecular flexibility index (Phi) is 9.45. The number of benzene rings is 1. The molecule has 2 saturated heterocycles. The second kappa shape index (κ2) is 11.8. The van der Waals surface area contributed by atoms with Crippen LogP contribution in [0.2, 0.25) is 0 Å². The number of rotatable bonds is 4. The van der Waals surface area contributed by atoms with Gasteiger partial charge in [-0.05, 0) is 24.1 Å². The van der Waals surface area contributed by atoms with Gasteiger partial charge in [-0.2, -0.15) is 13.2 Å². The summed E-state index contributed by atoms with van der Waals surface area (Å²) in [6.45, 7) is 8.94. The number of carboxylic acids is 1. The molecule has 0 aromatic heterocycles. The van der Waals surface area contributed by atoms with Crippen LogP contribution < -0.4 is 5.32 Å². The smallest absolute Gasteiger partial charge is 0.475 e. The molecule has 178 valence electrons. The van der Waals surface area contributed by atoms with E-state index < -0.39 is 12.1 Å². The van der Waals surface area contributed by atoms with Gasteiger partial charge in [0.1, 0.15) is 5.82 Å². The van der Waals surface area contributed by atoms with Crippen LogP contribution in [-0.4, -0.2) is 78.5 Å². The molecule has 11 heteroatoms. The first-order valence-corrected chi connectivity index (χ1v) is 10.1. The van der Waals surface area contributed by atoms with Gasteiger partial charge in [0.2, 0.25) is 0 Å². The first-order valence-electron chi connectivity index (χ1n) is 10.1. The summed E-state index contributed by atoms with van der Waals surface area (Å²) in [5.41, 5.74) is 0.758. The van der Waals surface area contributed by atoms with Crippen LogP contribution in [-0.2, 0) is 16.1 Å². The first-order chi connectivity index (χ1) is 15.1. The van der Waals surface area contributed by atoms with Crippen molar-refractivity contribution in [3.8, 4) is 0 Å². The molecule has 0 bridgehead atoms. The normalized spacial score (nSPS) is 21.4. The maximum absolute atomic E-state index is 13.2. The predicted molar refractivity (Wildman–Crippen MR) is 108 cm³/mol. The second-order valence-electron chi connectivity index (χ2n) is 7.54. The minimum atomic E-state index is -5.08. The highest BCUT2D eigenvalue weighted by atomic mass is 19.4. The van der Waals surface area contributed by atoms with E-state index in [1.807, 2.05) is 11.0 Å². The molecule has 0 saturated carbocycles. The molecule has 0 unspecified atom stereocenters. The summed E-state index contributed by atoms with van der Waals surface area (Å²) >= 11 is 0. The predicted octanol–water partition coefficient (Wildman–Crippen LogP) is 2.88. The molecule has 1 aromatic rings. The van der Waals surface area contributed by atoms with Crippen LogP contribution in [0.5, 0.6) is 0 Å². The highest BCUT2D eigenvalue weighted by Gasteiger charge is 2.38. The van der Waals surface area contributed by atoms with Crippen LogP contribution in [0, 0.1) is 11.7 Å². The Morgan fingerprint density at radius 3 is 2.62 bits per heavy atom. The molecule has 0 aliphatic carbocycles. The highest BCUT2D eigenvalue weighted by molar-refractivity contribution is 5.74. The topological polar surface area (TPSA) is 82.1 Å². The maximum Gasteiger partial charge on any atom is 0.490 e. The van der Waals surface area contributed by atoms with Gasteiger partial charge in [0.15, 0.2) is 0 Å². The lowest BCUT2D eigenvalue weighted by atomic mass is 9.93. The molecular formula is C21H27F4N3O4. The summed E-state index contributed by atoms with van der Waals surface area (Å²) in [6, 6.07) is 6.18. The number of likely N-dealkylation sites (tertiary alicyclic amines) is 1. The van der Waals surface area contributed by atoms with Crippen molar-refractivity contribution in [1.29, 1.82) is 0 Å². The van der Waals surface area contributed by atoms with Gasteiger partial charge in [-0.15, -0.1) is 6.58 Å². The van der Waals surface area contributed by atoms with E-state index in [0.29, 0.717) is 25.6 Å². The average Bonchev–Trinajstić information content (AvgIpc) is 2.93. The third-order valence-electron chi connectivity index (χ3n) is 5.18. The van der Waals surface area contributed by atoms with Crippen molar-refractivity contribution in [3.05, 3.63) is 48.3 Å². The fraction of sp³-hybridized carbons (Fsp3) is 0.524. The summed E-state index contributed by atoms with van der Waals surface area (Å²) in [4.78, 5) is 25.5. The highest BCUT2D eigenvalue weighted by Crippen LogP contribution is 2.24. The number of fused-ring (bicyclic) bond motifs is 1. The van der Waals surface area contributed by atoms with Gasteiger partial charge in [0.25, 0.3) is 0 Å². The number of halogens is 4.